The van der Waals surface area contributed by atoms with Crippen LogP contribution in [0.5, 0.6) is 0 Å². The largest absolute Gasteiger partial charge is 0.341 e. The third-order valence-corrected chi connectivity index (χ3v) is 16.1. The molecule has 0 radical (unpaired) electrons. The van der Waals surface area contributed by atoms with Crippen molar-refractivity contribution in [3.8, 4) is 0 Å². The van der Waals surface area contributed by atoms with E-state index in [4.69, 9.17) is 0 Å². The molecule has 0 N–H and O–H groups in total. The number of para-hydroxylation sites is 1. The summed E-state index contributed by atoms with van der Waals surface area (Å²) >= 11 is 2.13. The van der Waals surface area contributed by atoms with E-state index in [9.17, 15) is 0 Å². The van der Waals surface area contributed by atoms with Gasteiger partial charge in [0, 0.05) is 71.3 Å². The van der Waals surface area contributed by atoms with E-state index in [2.05, 4.69) is 123 Å². The van der Waals surface area contributed by atoms with Gasteiger partial charge in [0.05, 0.1) is 8.07 Å². The zero-order valence-corrected chi connectivity index (χ0v) is 27.5. The Morgan fingerprint density at radius 3 is 2.37 bits per heavy atom. The standard InChI is InChI=1S/C34H37NSSi.Zr/c1-21-20-27-25(15-10-17-29(27)35-19-11-13-24-12-6-8-16-28(24)35)33(21)37(4,5)34-23(3)22(2)32-31(34)26-14-7-9-18-30(26)36-32;/h6-10,12,14-18,20,31-34H,11,13,19H2,1-5H3;. The fourth-order valence-electron chi connectivity index (χ4n) is 8.43. The minimum Gasteiger partial charge on any atom is -0.341 e. The molecular formula is C34H37NSSiZr. The molecule has 38 heavy (non-hydrogen) atoms. The van der Waals surface area contributed by atoms with Gasteiger partial charge in [-0.3, -0.25) is 0 Å². The van der Waals surface area contributed by atoms with Gasteiger partial charge in [-0.25, -0.2) is 0 Å². The molecule has 0 spiro atoms. The molecule has 2 heterocycles. The average Bonchev–Trinajstić information content (AvgIpc) is 3.52. The minimum atomic E-state index is -1.81. The molecule has 4 atom stereocenters. The van der Waals surface area contributed by atoms with Crippen molar-refractivity contribution in [3.05, 3.63) is 106 Å². The average molecular weight is 611 g/mol. The number of allylic oxidation sites excluding steroid dienone is 2. The molecule has 0 amide bonds. The molecule has 3 aromatic carbocycles. The number of hydrogen-bond acceptors (Lipinski definition) is 2. The van der Waals surface area contributed by atoms with Crippen LogP contribution in [-0.2, 0) is 32.6 Å². The van der Waals surface area contributed by atoms with E-state index in [0.29, 0.717) is 22.3 Å². The second-order valence-corrected chi connectivity index (χ2v) is 18.3. The van der Waals surface area contributed by atoms with Gasteiger partial charge in [-0.15, -0.1) is 11.8 Å². The van der Waals surface area contributed by atoms with Gasteiger partial charge in [-0.1, -0.05) is 84.4 Å². The molecular weight excluding hydrogens is 574 g/mol. The Hall–Kier alpha value is -1.61. The van der Waals surface area contributed by atoms with E-state index in [-0.39, 0.29) is 26.2 Å². The van der Waals surface area contributed by atoms with Gasteiger partial charge in [-0.05, 0) is 74.0 Å². The summed E-state index contributed by atoms with van der Waals surface area (Å²) in [5, 5.41) is 0.621. The number of thioether (sulfide) groups is 1. The molecule has 0 bridgehead atoms. The summed E-state index contributed by atoms with van der Waals surface area (Å²) in [6.07, 6.45) is 4.96. The fourth-order valence-corrected chi connectivity index (χ4v) is 15.5. The Morgan fingerprint density at radius 1 is 0.816 bits per heavy atom. The zero-order valence-electron chi connectivity index (χ0n) is 23.2. The number of fused-ring (bicyclic) bond motifs is 5. The van der Waals surface area contributed by atoms with Crippen LogP contribution in [-0.4, -0.2) is 19.9 Å². The van der Waals surface area contributed by atoms with Crippen LogP contribution < -0.4 is 4.90 Å². The minimum absolute atomic E-state index is 0. The van der Waals surface area contributed by atoms with Crippen molar-refractivity contribution < 1.29 is 26.2 Å². The Morgan fingerprint density at radius 2 is 1.53 bits per heavy atom. The molecule has 2 aliphatic heterocycles. The van der Waals surface area contributed by atoms with Crippen LogP contribution in [0.15, 0.2) is 88.3 Å². The van der Waals surface area contributed by atoms with Gasteiger partial charge in [-0.2, -0.15) is 0 Å². The van der Waals surface area contributed by atoms with Crippen molar-refractivity contribution in [2.45, 2.75) is 73.9 Å². The number of anilines is 2. The predicted octanol–water partition coefficient (Wildman–Crippen LogP) is 9.49. The van der Waals surface area contributed by atoms with Crippen LogP contribution in [0.4, 0.5) is 11.4 Å². The maximum Gasteiger partial charge on any atom is 0.0679 e. The van der Waals surface area contributed by atoms with E-state index < -0.39 is 8.07 Å². The Balaban J connectivity index is 0.00000264. The summed E-state index contributed by atoms with van der Waals surface area (Å²) in [7, 11) is -1.81. The molecule has 2 aliphatic carbocycles. The van der Waals surface area contributed by atoms with Gasteiger partial charge < -0.3 is 4.90 Å². The first-order chi connectivity index (χ1) is 17.9. The third kappa shape index (κ3) is 3.80. The van der Waals surface area contributed by atoms with Crippen molar-refractivity contribution in [1.29, 1.82) is 0 Å². The molecule has 4 heteroatoms. The molecule has 0 saturated carbocycles. The normalized spacial score (nSPS) is 25.4. The molecule has 7 rings (SSSR count). The van der Waals surface area contributed by atoms with Gasteiger partial charge in [0.1, 0.15) is 0 Å². The molecule has 4 unspecified atom stereocenters. The number of nitrogens with zero attached hydrogens (tertiary/aromatic N) is 1. The summed E-state index contributed by atoms with van der Waals surface area (Å²) in [6.45, 7) is 13.8. The number of benzene rings is 3. The first-order valence-electron chi connectivity index (χ1n) is 14.0. The molecule has 0 aromatic heterocycles. The van der Waals surface area contributed by atoms with Crippen molar-refractivity contribution in [2.75, 3.05) is 11.4 Å². The van der Waals surface area contributed by atoms with Crippen LogP contribution in [0, 0.1) is 0 Å². The maximum atomic E-state index is 2.70. The first kappa shape index (κ1) is 26.6. The van der Waals surface area contributed by atoms with E-state index in [1.165, 1.54) is 40.2 Å². The summed E-state index contributed by atoms with van der Waals surface area (Å²) < 4.78 is 0. The Labute approximate surface area is 252 Å². The topological polar surface area (TPSA) is 3.24 Å². The van der Waals surface area contributed by atoms with Crippen molar-refractivity contribution in [1.82, 2.24) is 0 Å². The number of aryl methyl sites for hydroxylation is 1. The summed E-state index contributed by atoms with van der Waals surface area (Å²) in [4.78, 5) is 4.12. The predicted molar refractivity (Wildman–Crippen MR) is 163 cm³/mol. The molecule has 1 nitrogen and oxygen atoms in total. The third-order valence-electron chi connectivity index (χ3n) is 9.93. The first-order valence-corrected chi connectivity index (χ1v) is 18.0. The second-order valence-electron chi connectivity index (χ2n) is 12.3. The SMILES string of the molecule is CC1=Cc2c(cccc2N2CCCc3ccccc32)C1[Si](C)(C)C1C(C)=C(C)C2Sc3ccccc3C21.[Zr]. The summed E-state index contributed by atoms with van der Waals surface area (Å²) in [5.41, 5.74) is 15.1. The van der Waals surface area contributed by atoms with Crippen LogP contribution in [0.25, 0.3) is 6.08 Å². The van der Waals surface area contributed by atoms with Crippen molar-refractivity contribution >= 4 is 37.3 Å². The second kappa shape index (κ2) is 9.79. The van der Waals surface area contributed by atoms with Gasteiger partial charge >= 0.3 is 0 Å². The quantitative estimate of drug-likeness (QED) is 0.215. The van der Waals surface area contributed by atoms with E-state index in [1.54, 1.807) is 27.8 Å². The van der Waals surface area contributed by atoms with Gasteiger partial charge in [0.2, 0.25) is 0 Å². The molecule has 4 aliphatic rings. The Kier molecular flexibility index (Phi) is 6.85. The van der Waals surface area contributed by atoms with Crippen molar-refractivity contribution in [3.63, 3.8) is 0 Å². The molecule has 0 saturated heterocycles. The van der Waals surface area contributed by atoms with Crippen molar-refractivity contribution in [2.24, 2.45) is 0 Å². The van der Waals surface area contributed by atoms with E-state index in [1.807, 2.05) is 0 Å². The van der Waals surface area contributed by atoms with E-state index in [0.717, 1.165) is 6.54 Å². The van der Waals surface area contributed by atoms with Crippen LogP contribution in [0.2, 0.25) is 18.6 Å². The zero-order chi connectivity index (χ0) is 25.5. The smallest absolute Gasteiger partial charge is 0.0679 e. The summed E-state index contributed by atoms with van der Waals surface area (Å²) in [6, 6.07) is 25.4. The van der Waals surface area contributed by atoms with Crippen LogP contribution in [0.3, 0.4) is 0 Å². The van der Waals surface area contributed by atoms with Crippen LogP contribution in [0.1, 0.15) is 60.9 Å². The number of rotatable bonds is 3. The number of hydrogen-bond donors (Lipinski definition) is 0. The van der Waals surface area contributed by atoms with Gasteiger partial charge in [0.15, 0.2) is 0 Å². The fraction of sp³-hybridized carbons (Fsp3) is 0.353. The van der Waals surface area contributed by atoms with E-state index >= 15 is 0 Å². The molecule has 192 valence electrons. The molecule has 3 aromatic rings. The maximum absolute atomic E-state index is 2.70. The molecule has 0 fully saturated rings. The van der Waals surface area contributed by atoms with Gasteiger partial charge in [0.25, 0.3) is 0 Å². The van der Waals surface area contributed by atoms with Crippen LogP contribution >= 0.6 is 11.8 Å². The summed E-state index contributed by atoms with van der Waals surface area (Å²) in [5.74, 6) is 0.636. The monoisotopic (exact) mass is 609 g/mol. The Bertz CT molecular complexity index is 1490.